The van der Waals surface area contributed by atoms with Crippen molar-refractivity contribution in [3.63, 3.8) is 0 Å². The molecule has 2 nitrogen and oxygen atoms in total. The lowest BCUT2D eigenvalue weighted by Gasteiger charge is -1.97. The van der Waals surface area contributed by atoms with Crippen LogP contribution in [-0.2, 0) is 0 Å². The van der Waals surface area contributed by atoms with E-state index in [1.807, 2.05) is 18.2 Å². The molecule has 90 valence electrons. The Bertz CT molecular complexity index is 795. The molecule has 0 saturated carbocycles. The average molecular weight is 248 g/mol. The van der Waals surface area contributed by atoms with Gasteiger partial charge in [-0.2, -0.15) is 0 Å². The second-order valence-corrected chi connectivity index (χ2v) is 3.99. The third-order valence-corrected chi connectivity index (χ3v) is 2.66. The molecule has 0 bridgehead atoms. The van der Waals surface area contributed by atoms with Crippen LogP contribution in [0.4, 0.5) is 4.39 Å². The number of para-hydroxylation sites is 1. The molecule has 0 fully saturated rings. The second-order valence-electron chi connectivity index (χ2n) is 3.99. The first-order chi connectivity index (χ1) is 9.33. The molecule has 0 aliphatic rings. The van der Waals surface area contributed by atoms with Crippen molar-refractivity contribution in [3.05, 3.63) is 71.8 Å². The van der Waals surface area contributed by atoms with E-state index in [1.54, 1.807) is 24.5 Å². The van der Waals surface area contributed by atoms with Gasteiger partial charge in [0.15, 0.2) is 0 Å². The van der Waals surface area contributed by atoms with Gasteiger partial charge < -0.3 is 0 Å². The van der Waals surface area contributed by atoms with E-state index in [-0.39, 0.29) is 5.82 Å². The first kappa shape index (κ1) is 11.4. The minimum Gasteiger partial charge on any atom is -0.253 e. The predicted molar refractivity (Wildman–Crippen MR) is 71.9 cm³/mol. The number of fused-ring (bicyclic) bond motifs is 1. The van der Waals surface area contributed by atoms with Crippen molar-refractivity contribution in [2.75, 3.05) is 0 Å². The molecule has 0 atom stereocenters. The lowest BCUT2D eigenvalue weighted by Crippen LogP contribution is -1.86. The van der Waals surface area contributed by atoms with Gasteiger partial charge in [-0.3, -0.25) is 9.97 Å². The highest BCUT2D eigenvalue weighted by atomic mass is 19.1. The monoisotopic (exact) mass is 248 g/mol. The summed E-state index contributed by atoms with van der Waals surface area (Å²) in [5, 5.41) is 0. The van der Waals surface area contributed by atoms with Crippen LogP contribution in [0.25, 0.3) is 11.0 Å². The quantitative estimate of drug-likeness (QED) is 0.571. The molecule has 1 aromatic heterocycles. The average Bonchev–Trinajstić information content (AvgIpc) is 2.45. The summed E-state index contributed by atoms with van der Waals surface area (Å²) in [5.41, 5.74) is 2.98. The zero-order valence-electron chi connectivity index (χ0n) is 9.97. The fraction of sp³-hybridized carbons (Fsp3) is 0. The minimum atomic E-state index is -0.287. The van der Waals surface area contributed by atoms with Crippen LogP contribution in [0, 0.1) is 17.7 Å². The van der Waals surface area contributed by atoms with Gasteiger partial charge in [-0.1, -0.05) is 24.0 Å². The van der Waals surface area contributed by atoms with Gasteiger partial charge >= 0.3 is 0 Å². The Hall–Kier alpha value is -2.73. The van der Waals surface area contributed by atoms with Gasteiger partial charge in [0.05, 0.1) is 11.1 Å². The summed E-state index contributed by atoms with van der Waals surface area (Å²) in [7, 11) is 0. The first-order valence-corrected chi connectivity index (χ1v) is 5.80. The van der Waals surface area contributed by atoms with Crippen molar-refractivity contribution in [2.24, 2.45) is 0 Å². The highest BCUT2D eigenvalue weighted by Gasteiger charge is 1.99. The Morgan fingerprint density at radius 3 is 2.63 bits per heavy atom. The van der Waals surface area contributed by atoms with E-state index in [0.29, 0.717) is 5.56 Å². The summed E-state index contributed by atoms with van der Waals surface area (Å²) < 4.78 is 13.1. The van der Waals surface area contributed by atoms with Crippen molar-refractivity contribution < 1.29 is 4.39 Å². The van der Waals surface area contributed by atoms with E-state index >= 15 is 0 Å². The lowest BCUT2D eigenvalue weighted by atomic mass is 10.1. The van der Waals surface area contributed by atoms with Crippen LogP contribution < -0.4 is 0 Å². The molecule has 0 unspecified atom stereocenters. The number of benzene rings is 2. The zero-order valence-corrected chi connectivity index (χ0v) is 9.97. The molecule has 19 heavy (non-hydrogen) atoms. The van der Waals surface area contributed by atoms with Crippen LogP contribution in [0.2, 0.25) is 0 Å². The van der Waals surface area contributed by atoms with Crippen LogP contribution in [0.3, 0.4) is 0 Å². The van der Waals surface area contributed by atoms with Crippen molar-refractivity contribution in [3.8, 4) is 11.8 Å². The Kier molecular flexibility index (Phi) is 2.91. The summed E-state index contributed by atoms with van der Waals surface area (Å²) >= 11 is 0. The molecule has 0 spiro atoms. The van der Waals surface area contributed by atoms with E-state index in [4.69, 9.17) is 0 Å². The third-order valence-electron chi connectivity index (χ3n) is 2.66. The van der Waals surface area contributed by atoms with Crippen LogP contribution in [0.1, 0.15) is 11.1 Å². The molecule has 0 amide bonds. The van der Waals surface area contributed by atoms with E-state index in [2.05, 4.69) is 21.8 Å². The van der Waals surface area contributed by atoms with Gasteiger partial charge in [-0.05, 0) is 30.3 Å². The molecule has 3 aromatic rings. The number of nitrogens with zero attached hydrogens (tertiary/aromatic N) is 2. The largest absolute Gasteiger partial charge is 0.253 e. The van der Waals surface area contributed by atoms with Crippen LogP contribution in [-0.4, -0.2) is 9.97 Å². The topological polar surface area (TPSA) is 25.8 Å². The second kappa shape index (κ2) is 4.87. The van der Waals surface area contributed by atoms with Crippen LogP contribution >= 0.6 is 0 Å². The number of hydrogen-bond acceptors (Lipinski definition) is 2. The van der Waals surface area contributed by atoms with E-state index in [0.717, 1.165) is 16.6 Å². The molecule has 0 saturated heterocycles. The van der Waals surface area contributed by atoms with Gasteiger partial charge in [-0.15, -0.1) is 0 Å². The van der Waals surface area contributed by atoms with Crippen molar-refractivity contribution >= 4 is 11.0 Å². The van der Waals surface area contributed by atoms with Crippen molar-refractivity contribution in [1.29, 1.82) is 0 Å². The Balaban J connectivity index is 2.07. The molecule has 2 aromatic carbocycles. The summed E-state index contributed by atoms with van der Waals surface area (Å²) in [6.45, 7) is 0. The standard InChI is InChI=1S/C16H9FN2/c17-14-5-1-3-12(11-14)7-8-13-4-2-6-15-16(13)19-10-9-18-15/h1-6,9-11H. The van der Waals surface area contributed by atoms with Gasteiger partial charge in [0.25, 0.3) is 0 Å². The molecule has 0 aliphatic heterocycles. The lowest BCUT2D eigenvalue weighted by molar-refractivity contribution is 0.627. The molecule has 0 aliphatic carbocycles. The smallest absolute Gasteiger partial charge is 0.124 e. The summed E-state index contributed by atoms with van der Waals surface area (Å²) in [6, 6.07) is 11.9. The zero-order chi connectivity index (χ0) is 13.1. The molecular formula is C16H9FN2. The number of hydrogen-bond donors (Lipinski definition) is 0. The third kappa shape index (κ3) is 2.43. The number of halogens is 1. The maximum atomic E-state index is 13.1. The van der Waals surface area contributed by atoms with E-state index in [1.165, 1.54) is 12.1 Å². The van der Waals surface area contributed by atoms with Crippen molar-refractivity contribution in [2.45, 2.75) is 0 Å². The molecule has 3 heteroatoms. The highest BCUT2D eigenvalue weighted by Crippen LogP contribution is 2.12. The van der Waals surface area contributed by atoms with Crippen molar-refractivity contribution in [1.82, 2.24) is 9.97 Å². The van der Waals surface area contributed by atoms with E-state index < -0.39 is 0 Å². The molecule has 0 radical (unpaired) electrons. The first-order valence-electron chi connectivity index (χ1n) is 5.80. The van der Waals surface area contributed by atoms with Crippen LogP contribution in [0.5, 0.6) is 0 Å². The predicted octanol–water partition coefficient (Wildman–Crippen LogP) is 3.17. The molecule has 1 heterocycles. The highest BCUT2D eigenvalue weighted by molar-refractivity contribution is 5.80. The Morgan fingerprint density at radius 2 is 1.74 bits per heavy atom. The van der Waals surface area contributed by atoms with Gasteiger partial charge in [0.2, 0.25) is 0 Å². The number of aromatic nitrogens is 2. The Morgan fingerprint density at radius 1 is 0.895 bits per heavy atom. The van der Waals surface area contributed by atoms with Gasteiger partial charge in [0, 0.05) is 18.0 Å². The molecular weight excluding hydrogens is 239 g/mol. The fourth-order valence-corrected chi connectivity index (χ4v) is 1.80. The summed E-state index contributed by atoms with van der Waals surface area (Å²) in [6.07, 6.45) is 3.28. The number of rotatable bonds is 0. The normalized spacial score (nSPS) is 9.95. The summed E-state index contributed by atoms with van der Waals surface area (Å²) in [5.74, 6) is 5.66. The van der Waals surface area contributed by atoms with Gasteiger partial charge in [0.1, 0.15) is 11.3 Å². The van der Waals surface area contributed by atoms with E-state index in [9.17, 15) is 4.39 Å². The maximum absolute atomic E-state index is 13.1. The SMILES string of the molecule is Fc1cccc(C#Cc2cccc3nccnc23)c1. The van der Waals surface area contributed by atoms with Crippen LogP contribution in [0.15, 0.2) is 54.9 Å². The maximum Gasteiger partial charge on any atom is 0.124 e. The Labute approximate surface area is 110 Å². The fourth-order valence-electron chi connectivity index (χ4n) is 1.80. The molecule has 3 rings (SSSR count). The summed E-state index contributed by atoms with van der Waals surface area (Å²) in [4.78, 5) is 8.49. The minimum absolute atomic E-state index is 0.287. The van der Waals surface area contributed by atoms with Gasteiger partial charge in [-0.25, -0.2) is 4.39 Å². The molecule has 0 N–H and O–H groups in total.